The Morgan fingerprint density at radius 3 is 2.65 bits per heavy atom. The Balaban J connectivity index is 1.25. The Morgan fingerprint density at radius 1 is 1.10 bits per heavy atom. The third-order valence-corrected chi connectivity index (χ3v) is 6.35. The van der Waals surface area contributed by atoms with Gasteiger partial charge in [0.25, 0.3) is 0 Å². The van der Waals surface area contributed by atoms with Crippen LogP contribution in [-0.4, -0.2) is 55.0 Å². The molecular weight excluding hydrogens is 412 g/mol. The van der Waals surface area contributed by atoms with Crippen molar-refractivity contribution in [3.8, 4) is 5.75 Å². The largest absolute Gasteiger partial charge is 0.495 e. The molecule has 1 fully saturated rings. The molecule has 0 saturated carbocycles. The van der Waals surface area contributed by atoms with Gasteiger partial charge < -0.3 is 19.9 Å². The zero-order valence-electron chi connectivity index (χ0n) is 17.8. The van der Waals surface area contributed by atoms with Crippen molar-refractivity contribution in [2.24, 2.45) is 0 Å². The van der Waals surface area contributed by atoms with E-state index in [4.69, 9.17) is 4.74 Å². The summed E-state index contributed by atoms with van der Waals surface area (Å²) < 4.78 is 6.48. The van der Waals surface area contributed by atoms with Gasteiger partial charge in [-0.3, -0.25) is 9.59 Å². The number of aryl methyl sites for hydroxylation is 1. The van der Waals surface area contributed by atoms with Gasteiger partial charge in [0.15, 0.2) is 5.13 Å². The second-order valence-electron chi connectivity index (χ2n) is 7.58. The Morgan fingerprint density at radius 2 is 1.87 bits per heavy atom. The zero-order valence-corrected chi connectivity index (χ0v) is 18.6. The average Bonchev–Trinajstić information content (AvgIpc) is 3.18. The van der Waals surface area contributed by atoms with E-state index in [-0.39, 0.29) is 24.7 Å². The number of nitrogens with zero attached hydrogens (tertiary/aromatic N) is 3. The van der Waals surface area contributed by atoms with Crippen molar-refractivity contribution in [1.82, 2.24) is 9.88 Å². The highest BCUT2D eigenvalue weighted by Crippen LogP contribution is 2.29. The maximum Gasteiger partial charge on any atom is 0.226 e. The van der Waals surface area contributed by atoms with E-state index in [1.165, 1.54) is 11.3 Å². The van der Waals surface area contributed by atoms with Crippen molar-refractivity contribution in [3.63, 3.8) is 0 Å². The molecule has 7 nitrogen and oxygen atoms in total. The molecule has 31 heavy (non-hydrogen) atoms. The number of carbonyl (C=O) groups excluding carboxylic acids is 2. The molecule has 0 spiro atoms. The maximum atomic E-state index is 12.6. The number of benzene rings is 2. The fraction of sp³-hybridized carbons (Fsp3) is 0.348. The van der Waals surface area contributed by atoms with E-state index >= 15 is 0 Å². The molecule has 1 saturated heterocycles. The third kappa shape index (κ3) is 4.96. The fourth-order valence-electron chi connectivity index (χ4n) is 3.73. The minimum Gasteiger partial charge on any atom is -0.495 e. The number of thiazole rings is 1. The van der Waals surface area contributed by atoms with Gasteiger partial charge in [-0.1, -0.05) is 29.5 Å². The van der Waals surface area contributed by atoms with Crippen molar-refractivity contribution in [3.05, 3.63) is 48.0 Å². The fourth-order valence-corrected chi connectivity index (χ4v) is 4.71. The van der Waals surface area contributed by atoms with E-state index in [0.717, 1.165) is 40.3 Å². The standard InChI is InChI=1S/C23H26N4O3S/c1-16-7-8-17-20(15-16)31-23(24-17)25-21(28)9-10-22(29)27-13-11-26(12-14-27)18-5-3-4-6-19(18)30-2/h3-8,15H,9-14H2,1-2H3,(H,24,25,28). The summed E-state index contributed by atoms with van der Waals surface area (Å²) in [4.78, 5) is 33.4. The molecule has 0 bridgehead atoms. The number of methoxy groups -OCH3 is 1. The van der Waals surface area contributed by atoms with Gasteiger partial charge in [0.2, 0.25) is 11.8 Å². The van der Waals surface area contributed by atoms with Crippen LogP contribution in [0.2, 0.25) is 0 Å². The molecule has 1 aliphatic rings. The minimum absolute atomic E-state index is 0.00903. The van der Waals surface area contributed by atoms with E-state index in [1.54, 1.807) is 7.11 Å². The summed E-state index contributed by atoms with van der Waals surface area (Å²) in [5, 5.41) is 3.40. The number of anilines is 2. The lowest BCUT2D eigenvalue weighted by atomic mass is 10.2. The molecule has 2 aromatic carbocycles. The summed E-state index contributed by atoms with van der Waals surface area (Å²) in [7, 11) is 1.67. The number of fused-ring (bicyclic) bond motifs is 1. The SMILES string of the molecule is COc1ccccc1N1CCN(C(=O)CCC(=O)Nc2nc3ccc(C)cc3s2)CC1. The van der Waals surface area contributed by atoms with Crippen LogP contribution >= 0.6 is 11.3 Å². The number of nitrogens with one attached hydrogen (secondary N) is 1. The molecule has 2 heterocycles. The number of amides is 2. The number of hydrogen-bond acceptors (Lipinski definition) is 6. The minimum atomic E-state index is -0.184. The lowest BCUT2D eigenvalue weighted by Crippen LogP contribution is -2.49. The number of hydrogen-bond donors (Lipinski definition) is 1. The van der Waals surface area contributed by atoms with Crippen LogP contribution in [0.3, 0.4) is 0 Å². The first-order valence-corrected chi connectivity index (χ1v) is 11.2. The van der Waals surface area contributed by atoms with Crippen molar-refractivity contribution in [1.29, 1.82) is 0 Å². The first-order valence-electron chi connectivity index (χ1n) is 10.4. The first-order chi connectivity index (χ1) is 15.0. The molecule has 1 aliphatic heterocycles. The third-order valence-electron chi connectivity index (χ3n) is 5.41. The van der Waals surface area contributed by atoms with E-state index in [0.29, 0.717) is 18.2 Å². The second-order valence-corrected chi connectivity index (χ2v) is 8.61. The monoisotopic (exact) mass is 438 g/mol. The average molecular weight is 439 g/mol. The number of aromatic nitrogens is 1. The van der Waals surface area contributed by atoms with Gasteiger partial charge in [-0.05, 0) is 36.8 Å². The maximum absolute atomic E-state index is 12.6. The van der Waals surface area contributed by atoms with Gasteiger partial charge in [0.1, 0.15) is 5.75 Å². The highest BCUT2D eigenvalue weighted by molar-refractivity contribution is 7.22. The van der Waals surface area contributed by atoms with Crippen LogP contribution in [0.5, 0.6) is 5.75 Å². The van der Waals surface area contributed by atoms with E-state index in [9.17, 15) is 9.59 Å². The molecule has 0 atom stereocenters. The van der Waals surface area contributed by atoms with Gasteiger partial charge in [-0.15, -0.1) is 0 Å². The number of para-hydroxylation sites is 2. The Labute approximate surface area is 185 Å². The van der Waals surface area contributed by atoms with Crippen molar-refractivity contribution in [2.75, 3.05) is 43.5 Å². The van der Waals surface area contributed by atoms with Gasteiger partial charge in [-0.2, -0.15) is 0 Å². The van der Waals surface area contributed by atoms with E-state index in [1.807, 2.05) is 48.2 Å². The van der Waals surface area contributed by atoms with E-state index < -0.39 is 0 Å². The lowest BCUT2D eigenvalue weighted by molar-refractivity contribution is -0.133. The highest BCUT2D eigenvalue weighted by Gasteiger charge is 2.23. The molecule has 0 aliphatic carbocycles. The summed E-state index contributed by atoms with van der Waals surface area (Å²) in [5.74, 6) is 0.662. The molecule has 8 heteroatoms. The summed E-state index contributed by atoms with van der Waals surface area (Å²) >= 11 is 1.45. The zero-order chi connectivity index (χ0) is 21.8. The molecule has 3 aromatic rings. The van der Waals surface area contributed by atoms with Crippen LogP contribution < -0.4 is 15.0 Å². The number of carbonyl (C=O) groups is 2. The quantitative estimate of drug-likeness (QED) is 0.636. The second kappa shape index (κ2) is 9.34. The van der Waals surface area contributed by atoms with E-state index in [2.05, 4.69) is 21.3 Å². The normalized spacial score (nSPS) is 14.0. The van der Waals surface area contributed by atoms with Crippen LogP contribution in [0, 0.1) is 6.92 Å². The summed E-state index contributed by atoms with van der Waals surface area (Å²) in [6.45, 7) is 4.78. The van der Waals surface area contributed by atoms with Gasteiger partial charge >= 0.3 is 0 Å². The molecule has 2 amide bonds. The molecular formula is C23H26N4O3S. The Hall–Kier alpha value is -3.13. The van der Waals surface area contributed by atoms with Crippen LogP contribution in [0.15, 0.2) is 42.5 Å². The molecule has 4 rings (SSSR count). The first kappa shape index (κ1) is 21.1. The molecule has 1 N–H and O–H groups in total. The molecule has 162 valence electrons. The van der Waals surface area contributed by atoms with Gasteiger partial charge in [-0.25, -0.2) is 4.98 Å². The topological polar surface area (TPSA) is 74.8 Å². The molecule has 0 unspecified atom stereocenters. The van der Waals surface area contributed by atoms with Gasteiger partial charge in [0.05, 0.1) is 23.0 Å². The summed E-state index contributed by atoms with van der Waals surface area (Å²) in [6, 6.07) is 13.9. The van der Waals surface area contributed by atoms with Crippen molar-refractivity contribution >= 4 is 44.2 Å². The number of piperazine rings is 1. The highest BCUT2D eigenvalue weighted by atomic mass is 32.1. The predicted octanol–water partition coefficient (Wildman–Crippen LogP) is 3.68. The Kier molecular flexibility index (Phi) is 6.36. The number of ether oxygens (including phenoxy) is 1. The number of rotatable bonds is 6. The van der Waals surface area contributed by atoms with Crippen molar-refractivity contribution in [2.45, 2.75) is 19.8 Å². The molecule has 1 aromatic heterocycles. The van der Waals surface area contributed by atoms with Crippen LogP contribution in [0.1, 0.15) is 18.4 Å². The lowest BCUT2D eigenvalue weighted by Gasteiger charge is -2.36. The summed E-state index contributed by atoms with van der Waals surface area (Å²) in [6.07, 6.45) is 0.352. The Bertz CT molecular complexity index is 1090. The van der Waals surface area contributed by atoms with Crippen LogP contribution in [0.4, 0.5) is 10.8 Å². The van der Waals surface area contributed by atoms with Crippen LogP contribution in [0.25, 0.3) is 10.2 Å². The van der Waals surface area contributed by atoms with Gasteiger partial charge in [0, 0.05) is 39.0 Å². The summed E-state index contributed by atoms with van der Waals surface area (Å²) in [5.41, 5.74) is 3.07. The smallest absolute Gasteiger partial charge is 0.226 e. The van der Waals surface area contributed by atoms with Crippen LogP contribution in [-0.2, 0) is 9.59 Å². The van der Waals surface area contributed by atoms with Crippen molar-refractivity contribution < 1.29 is 14.3 Å². The molecule has 0 radical (unpaired) electrons. The predicted molar refractivity (Wildman–Crippen MR) is 124 cm³/mol.